The molecule has 2 N–H and O–H groups in total. The maximum Gasteiger partial charge on any atom is 0.179 e. The van der Waals surface area contributed by atoms with Crippen molar-refractivity contribution in [2.75, 3.05) is 13.7 Å². The minimum atomic E-state index is 0.556. The summed E-state index contributed by atoms with van der Waals surface area (Å²) in [5.41, 5.74) is 1.09. The SMILES string of the molecule is CCOc1c(Cl)cc(C[NH2+]Cc2ccco2)cc1OC. The van der Waals surface area contributed by atoms with E-state index in [2.05, 4.69) is 5.32 Å². The number of quaternary nitrogens is 1. The predicted molar refractivity (Wildman–Crippen MR) is 77.2 cm³/mol. The molecule has 4 nitrogen and oxygen atoms in total. The van der Waals surface area contributed by atoms with Gasteiger partial charge in [-0.2, -0.15) is 0 Å². The minimum absolute atomic E-state index is 0.556. The zero-order chi connectivity index (χ0) is 14.4. The molecule has 1 heterocycles. The number of nitrogens with two attached hydrogens (primary N) is 1. The molecule has 0 bridgehead atoms. The summed E-state index contributed by atoms with van der Waals surface area (Å²) in [5.74, 6) is 2.22. The van der Waals surface area contributed by atoms with E-state index in [1.54, 1.807) is 13.4 Å². The standard InChI is InChI=1S/C15H18ClNO3/c1-3-19-15-13(16)7-11(8-14(15)18-2)9-17-10-12-5-4-6-20-12/h4-8,17H,3,9-10H2,1-2H3/p+1. The normalized spacial score (nSPS) is 10.6. The van der Waals surface area contributed by atoms with Crippen LogP contribution in [0.2, 0.25) is 5.02 Å². The summed E-state index contributed by atoms with van der Waals surface area (Å²) >= 11 is 6.23. The molecule has 2 aromatic rings. The van der Waals surface area contributed by atoms with Crippen molar-refractivity contribution < 1.29 is 19.2 Å². The van der Waals surface area contributed by atoms with E-state index in [4.69, 9.17) is 25.5 Å². The van der Waals surface area contributed by atoms with Crippen LogP contribution in [0.1, 0.15) is 18.2 Å². The molecule has 0 aliphatic heterocycles. The maximum atomic E-state index is 6.23. The molecule has 1 aromatic carbocycles. The third kappa shape index (κ3) is 3.68. The van der Waals surface area contributed by atoms with E-state index in [0.29, 0.717) is 23.1 Å². The lowest BCUT2D eigenvalue weighted by atomic mass is 10.2. The van der Waals surface area contributed by atoms with E-state index in [1.165, 1.54) is 0 Å². The Morgan fingerprint density at radius 1 is 1.30 bits per heavy atom. The first-order valence-electron chi connectivity index (χ1n) is 6.57. The molecule has 5 heteroatoms. The predicted octanol–water partition coefficient (Wildman–Crippen LogP) is 2.60. The monoisotopic (exact) mass is 296 g/mol. The molecule has 0 aliphatic carbocycles. The molecule has 0 unspecified atom stereocenters. The molecule has 0 atom stereocenters. The molecule has 0 saturated carbocycles. The Morgan fingerprint density at radius 3 is 2.80 bits per heavy atom. The Morgan fingerprint density at radius 2 is 2.15 bits per heavy atom. The van der Waals surface area contributed by atoms with Crippen LogP contribution in [-0.4, -0.2) is 13.7 Å². The average molecular weight is 297 g/mol. The zero-order valence-corrected chi connectivity index (χ0v) is 12.4. The molecule has 1 aromatic heterocycles. The van der Waals surface area contributed by atoms with Gasteiger partial charge in [0.1, 0.15) is 13.1 Å². The van der Waals surface area contributed by atoms with E-state index in [9.17, 15) is 0 Å². The topological polar surface area (TPSA) is 48.2 Å². The number of rotatable bonds is 7. The maximum absolute atomic E-state index is 6.23. The van der Waals surface area contributed by atoms with Crippen LogP contribution in [0.3, 0.4) is 0 Å². The van der Waals surface area contributed by atoms with Crippen LogP contribution in [0.25, 0.3) is 0 Å². The molecule has 108 valence electrons. The van der Waals surface area contributed by atoms with Gasteiger partial charge >= 0.3 is 0 Å². The third-order valence-corrected chi connectivity index (χ3v) is 3.16. The van der Waals surface area contributed by atoms with Crippen molar-refractivity contribution in [1.82, 2.24) is 0 Å². The van der Waals surface area contributed by atoms with Crippen molar-refractivity contribution in [3.63, 3.8) is 0 Å². The first-order valence-corrected chi connectivity index (χ1v) is 6.95. The Labute approximate surface area is 123 Å². The van der Waals surface area contributed by atoms with Crippen molar-refractivity contribution in [3.8, 4) is 11.5 Å². The number of hydrogen-bond donors (Lipinski definition) is 1. The fourth-order valence-corrected chi connectivity index (χ4v) is 2.27. The van der Waals surface area contributed by atoms with Gasteiger partial charge in [0.25, 0.3) is 0 Å². The van der Waals surface area contributed by atoms with E-state index in [-0.39, 0.29) is 0 Å². The molecule has 0 radical (unpaired) electrons. The fraction of sp³-hybridized carbons (Fsp3) is 0.333. The van der Waals surface area contributed by atoms with Gasteiger partial charge in [0, 0.05) is 5.56 Å². The Hall–Kier alpha value is -1.65. The molecule has 0 spiro atoms. The van der Waals surface area contributed by atoms with Gasteiger partial charge in [0.05, 0.1) is 25.0 Å². The summed E-state index contributed by atoms with van der Waals surface area (Å²) in [4.78, 5) is 0. The third-order valence-electron chi connectivity index (χ3n) is 2.88. The van der Waals surface area contributed by atoms with Gasteiger partial charge in [-0.05, 0) is 31.2 Å². The van der Waals surface area contributed by atoms with Crippen molar-refractivity contribution in [3.05, 3.63) is 46.9 Å². The second kappa shape index (κ2) is 7.22. The van der Waals surface area contributed by atoms with Crippen molar-refractivity contribution >= 4 is 11.6 Å². The van der Waals surface area contributed by atoms with E-state index >= 15 is 0 Å². The zero-order valence-electron chi connectivity index (χ0n) is 11.7. The lowest BCUT2D eigenvalue weighted by molar-refractivity contribution is -0.688. The second-order valence-electron chi connectivity index (χ2n) is 4.32. The summed E-state index contributed by atoms with van der Waals surface area (Å²) in [6, 6.07) is 7.71. The van der Waals surface area contributed by atoms with Gasteiger partial charge in [-0.1, -0.05) is 11.6 Å². The van der Waals surface area contributed by atoms with Crippen molar-refractivity contribution in [2.24, 2.45) is 0 Å². The number of ether oxygens (including phenoxy) is 2. The number of halogens is 1. The Kier molecular flexibility index (Phi) is 5.32. The van der Waals surface area contributed by atoms with E-state index in [0.717, 1.165) is 24.4 Å². The summed E-state index contributed by atoms with van der Waals surface area (Å²) in [6.07, 6.45) is 1.68. The highest BCUT2D eigenvalue weighted by molar-refractivity contribution is 6.32. The second-order valence-corrected chi connectivity index (χ2v) is 4.73. The van der Waals surface area contributed by atoms with Gasteiger partial charge in [-0.25, -0.2) is 0 Å². The lowest BCUT2D eigenvalue weighted by Crippen LogP contribution is -2.80. The van der Waals surface area contributed by atoms with Crippen molar-refractivity contribution in [1.29, 1.82) is 0 Å². The number of furan rings is 1. The highest BCUT2D eigenvalue weighted by Gasteiger charge is 2.12. The molecule has 0 saturated heterocycles. The number of methoxy groups -OCH3 is 1. The van der Waals surface area contributed by atoms with Crippen LogP contribution < -0.4 is 14.8 Å². The Balaban J connectivity index is 2.02. The summed E-state index contributed by atoms with van der Waals surface area (Å²) in [5, 5.41) is 2.72. The lowest BCUT2D eigenvalue weighted by Gasteiger charge is -2.12. The van der Waals surface area contributed by atoms with Gasteiger partial charge in [-0.3, -0.25) is 0 Å². The molecule has 2 rings (SSSR count). The molecular weight excluding hydrogens is 278 g/mol. The van der Waals surface area contributed by atoms with E-state index < -0.39 is 0 Å². The van der Waals surface area contributed by atoms with Gasteiger partial charge < -0.3 is 19.2 Å². The van der Waals surface area contributed by atoms with Crippen LogP contribution in [0.4, 0.5) is 0 Å². The highest BCUT2D eigenvalue weighted by atomic mass is 35.5. The molecule has 0 amide bonds. The van der Waals surface area contributed by atoms with Gasteiger partial charge in [0.15, 0.2) is 17.3 Å². The molecule has 20 heavy (non-hydrogen) atoms. The summed E-state index contributed by atoms with van der Waals surface area (Å²) in [6.45, 7) is 4.06. The molecule has 0 fully saturated rings. The largest absolute Gasteiger partial charge is 0.493 e. The van der Waals surface area contributed by atoms with Crippen LogP contribution in [0.15, 0.2) is 34.9 Å². The van der Waals surface area contributed by atoms with E-state index in [1.807, 2.05) is 31.2 Å². The van der Waals surface area contributed by atoms with Crippen LogP contribution in [0, 0.1) is 0 Å². The Bertz CT molecular complexity index is 540. The first kappa shape index (κ1) is 14.8. The minimum Gasteiger partial charge on any atom is -0.493 e. The summed E-state index contributed by atoms with van der Waals surface area (Å²) in [7, 11) is 1.62. The number of benzene rings is 1. The van der Waals surface area contributed by atoms with Gasteiger partial charge in [-0.15, -0.1) is 0 Å². The van der Waals surface area contributed by atoms with Crippen LogP contribution >= 0.6 is 11.6 Å². The number of hydrogen-bond acceptors (Lipinski definition) is 3. The first-order chi connectivity index (χ1) is 9.74. The highest BCUT2D eigenvalue weighted by Crippen LogP contribution is 2.36. The molecule has 0 aliphatic rings. The quantitative estimate of drug-likeness (QED) is 0.854. The average Bonchev–Trinajstić information content (AvgIpc) is 2.94. The van der Waals surface area contributed by atoms with Crippen molar-refractivity contribution in [2.45, 2.75) is 20.0 Å². The van der Waals surface area contributed by atoms with Crippen LogP contribution in [-0.2, 0) is 13.1 Å². The molecular formula is C15H19ClNO3+. The smallest absolute Gasteiger partial charge is 0.179 e. The van der Waals surface area contributed by atoms with Gasteiger partial charge in [0.2, 0.25) is 0 Å². The van der Waals surface area contributed by atoms with Crippen LogP contribution in [0.5, 0.6) is 11.5 Å². The fourth-order valence-electron chi connectivity index (χ4n) is 1.99. The summed E-state index contributed by atoms with van der Waals surface area (Å²) < 4.78 is 16.1.